The predicted octanol–water partition coefficient (Wildman–Crippen LogP) is 2.61. The fourth-order valence-electron chi connectivity index (χ4n) is 3.36. The van der Waals surface area contributed by atoms with E-state index in [1.807, 2.05) is 36.4 Å². The summed E-state index contributed by atoms with van der Waals surface area (Å²) in [5, 5.41) is 5.90. The number of fused-ring (bicyclic) bond motifs is 1. The summed E-state index contributed by atoms with van der Waals surface area (Å²) in [6.45, 7) is 4.95. The highest BCUT2D eigenvalue weighted by molar-refractivity contribution is 5.90. The number of rotatable bonds is 6. The van der Waals surface area contributed by atoms with E-state index in [0.717, 1.165) is 67.6 Å². The Hall–Kier alpha value is -2.77. The summed E-state index contributed by atoms with van der Waals surface area (Å²) < 4.78 is 16.1. The van der Waals surface area contributed by atoms with Crippen molar-refractivity contribution >= 4 is 11.7 Å². The van der Waals surface area contributed by atoms with E-state index < -0.39 is 0 Å². The van der Waals surface area contributed by atoms with Crippen LogP contribution in [-0.2, 0) is 17.7 Å². The maximum atomic E-state index is 12.3. The number of nitrogens with one attached hydrogen (secondary N) is 2. The second-order valence-corrected chi connectivity index (χ2v) is 6.86. The van der Waals surface area contributed by atoms with Gasteiger partial charge in [-0.1, -0.05) is 24.3 Å². The molecule has 4 rings (SSSR count). The van der Waals surface area contributed by atoms with Crippen molar-refractivity contribution < 1.29 is 19.0 Å². The highest BCUT2D eigenvalue weighted by Gasteiger charge is 2.15. The largest absolute Gasteiger partial charge is 0.454 e. The van der Waals surface area contributed by atoms with Crippen LogP contribution in [0, 0.1) is 0 Å². The zero-order chi connectivity index (χ0) is 19.2. The molecule has 0 aliphatic carbocycles. The summed E-state index contributed by atoms with van der Waals surface area (Å²) in [5.41, 5.74) is 3.04. The second kappa shape index (κ2) is 8.95. The van der Waals surface area contributed by atoms with Crippen LogP contribution in [0.1, 0.15) is 11.1 Å². The molecule has 0 saturated carbocycles. The number of anilines is 1. The Balaban J connectivity index is 1.28. The number of carbonyl (C=O) groups excluding carboxylic acids is 1. The van der Waals surface area contributed by atoms with Gasteiger partial charge in [0.05, 0.1) is 13.2 Å². The van der Waals surface area contributed by atoms with Crippen LogP contribution in [-0.4, -0.2) is 50.6 Å². The molecule has 7 heteroatoms. The summed E-state index contributed by atoms with van der Waals surface area (Å²) in [7, 11) is 0. The van der Waals surface area contributed by atoms with E-state index in [4.69, 9.17) is 14.2 Å². The Bertz CT molecular complexity index is 821. The zero-order valence-corrected chi connectivity index (χ0v) is 15.8. The van der Waals surface area contributed by atoms with Crippen LogP contribution in [0.5, 0.6) is 11.5 Å². The third kappa shape index (κ3) is 4.74. The van der Waals surface area contributed by atoms with Crippen LogP contribution in [0.3, 0.4) is 0 Å². The molecule has 0 spiro atoms. The van der Waals surface area contributed by atoms with Crippen molar-refractivity contribution in [3.8, 4) is 11.5 Å². The first-order valence-electron chi connectivity index (χ1n) is 9.59. The molecule has 2 aliphatic rings. The molecule has 0 aromatic heterocycles. The van der Waals surface area contributed by atoms with E-state index in [-0.39, 0.29) is 12.8 Å². The van der Waals surface area contributed by atoms with Gasteiger partial charge >= 0.3 is 6.03 Å². The normalized spacial score (nSPS) is 16.0. The van der Waals surface area contributed by atoms with Gasteiger partial charge in [0.1, 0.15) is 0 Å². The average Bonchev–Trinajstić information content (AvgIpc) is 3.18. The van der Waals surface area contributed by atoms with E-state index in [0.29, 0.717) is 6.54 Å². The minimum atomic E-state index is -0.199. The van der Waals surface area contributed by atoms with Gasteiger partial charge in [-0.25, -0.2) is 4.79 Å². The molecule has 2 aromatic rings. The van der Waals surface area contributed by atoms with Crippen molar-refractivity contribution in [2.24, 2.45) is 0 Å². The Labute approximate surface area is 164 Å². The standard InChI is InChI=1S/C21H25N3O4/c25-21(22-8-7-16-5-6-19-20(13-16)28-15-27-19)23-18-4-2-1-3-17(18)14-24-9-11-26-12-10-24/h1-6,13H,7-12,14-15H2,(H2,22,23,25). The van der Waals surface area contributed by atoms with Gasteiger partial charge in [-0.15, -0.1) is 0 Å². The number of urea groups is 1. The molecular weight excluding hydrogens is 358 g/mol. The van der Waals surface area contributed by atoms with Gasteiger partial charge in [-0.3, -0.25) is 4.90 Å². The number of para-hydroxylation sites is 1. The molecule has 0 atom stereocenters. The molecule has 148 valence electrons. The molecule has 28 heavy (non-hydrogen) atoms. The molecule has 1 fully saturated rings. The van der Waals surface area contributed by atoms with Crippen LogP contribution in [0.15, 0.2) is 42.5 Å². The van der Waals surface area contributed by atoms with Gasteiger partial charge in [-0.2, -0.15) is 0 Å². The molecule has 2 amide bonds. The lowest BCUT2D eigenvalue weighted by atomic mass is 10.1. The Kier molecular flexibility index (Phi) is 5.94. The molecule has 0 radical (unpaired) electrons. The zero-order valence-electron chi connectivity index (χ0n) is 15.8. The van der Waals surface area contributed by atoms with Gasteiger partial charge in [0.15, 0.2) is 11.5 Å². The number of morpholine rings is 1. The highest BCUT2D eigenvalue weighted by atomic mass is 16.7. The maximum Gasteiger partial charge on any atom is 0.319 e. The molecule has 2 heterocycles. The van der Waals surface area contributed by atoms with Gasteiger partial charge in [0.2, 0.25) is 6.79 Å². The first-order valence-corrected chi connectivity index (χ1v) is 9.59. The van der Waals surface area contributed by atoms with Crippen molar-refractivity contribution in [3.05, 3.63) is 53.6 Å². The number of ether oxygens (including phenoxy) is 3. The van der Waals surface area contributed by atoms with Gasteiger partial charge < -0.3 is 24.8 Å². The molecule has 0 unspecified atom stereocenters. The fourth-order valence-corrected chi connectivity index (χ4v) is 3.36. The number of hydrogen-bond donors (Lipinski definition) is 2. The minimum Gasteiger partial charge on any atom is -0.454 e. The number of benzene rings is 2. The number of hydrogen-bond acceptors (Lipinski definition) is 5. The van der Waals surface area contributed by atoms with Gasteiger partial charge in [-0.05, 0) is 35.7 Å². The first kappa shape index (κ1) is 18.6. The van der Waals surface area contributed by atoms with Crippen LogP contribution >= 0.6 is 0 Å². The molecule has 0 bridgehead atoms. The lowest BCUT2D eigenvalue weighted by Crippen LogP contribution is -2.36. The monoisotopic (exact) mass is 383 g/mol. The van der Waals surface area contributed by atoms with E-state index >= 15 is 0 Å². The summed E-state index contributed by atoms with van der Waals surface area (Å²) in [6, 6.07) is 13.6. The number of nitrogens with zero attached hydrogens (tertiary/aromatic N) is 1. The second-order valence-electron chi connectivity index (χ2n) is 6.86. The molecule has 7 nitrogen and oxygen atoms in total. The third-order valence-electron chi connectivity index (χ3n) is 4.90. The minimum absolute atomic E-state index is 0.199. The van der Waals surface area contributed by atoms with E-state index in [1.54, 1.807) is 0 Å². The average molecular weight is 383 g/mol. The van der Waals surface area contributed by atoms with E-state index in [9.17, 15) is 4.79 Å². The molecular formula is C21H25N3O4. The van der Waals surface area contributed by atoms with Crippen molar-refractivity contribution in [3.63, 3.8) is 0 Å². The summed E-state index contributed by atoms with van der Waals surface area (Å²) in [4.78, 5) is 14.7. The summed E-state index contributed by atoms with van der Waals surface area (Å²) >= 11 is 0. The van der Waals surface area contributed by atoms with Gasteiger partial charge in [0, 0.05) is 31.9 Å². The van der Waals surface area contributed by atoms with Crippen LogP contribution < -0.4 is 20.1 Å². The van der Waals surface area contributed by atoms with Gasteiger partial charge in [0.25, 0.3) is 0 Å². The predicted molar refractivity (Wildman–Crippen MR) is 106 cm³/mol. The van der Waals surface area contributed by atoms with Crippen molar-refractivity contribution in [2.75, 3.05) is 45.0 Å². The SMILES string of the molecule is O=C(NCCc1ccc2c(c1)OCO2)Nc1ccccc1CN1CCOCC1. The molecule has 2 N–H and O–H groups in total. The Morgan fingerprint density at radius 1 is 1.04 bits per heavy atom. The summed E-state index contributed by atoms with van der Waals surface area (Å²) in [6.07, 6.45) is 0.722. The Morgan fingerprint density at radius 3 is 2.75 bits per heavy atom. The van der Waals surface area contributed by atoms with Crippen LogP contribution in [0.2, 0.25) is 0 Å². The number of carbonyl (C=O) groups is 1. The van der Waals surface area contributed by atoms with E-state index in [1.165, 1.54) is 0 Å². The van der Waals surface area contributed by atoms with Crippen molar-refractivity contribution in [2.45, 2.75) is 13.0 Å². The van der Waals surface area contributed by atoms with Crippen LogP contribution in [0.25, 0.3) is 0 Å². The van der Waals surface area contributed by atoms with Crippen molar-refractivity contribution in [1.82, 2.24) is 10.2 Å². The summed E-state index contributed by atoms with van der Waals surface area (Å²) in [5.74, 6) is 1.53. The lowest BCUT2D eigenvalue weighted by molar-refractivity contribution is 0.0343. The third-order valence-corrected chi connectivity index (χ3v) is 4.90. The molecule has 2 aromatic carbocycles. The molecule has 1 saturated heterocycles. The van der Waals surface area contributed by atoms with E-state index in [2.05, 4.69) is 21.6 Å². The maximum absolute atomic E-state index is 12.3. The molecule has 2 aliphatic heterocycles. The highest BCUT2D eigenvalue weighted by Crippen LogP contribution is 2.32. The quantitative estimate of drug-likeness (QED) is 0.802. The smallest absolute Gasteiger partial charge is 0.319 e. The lowest BCUT2D eigenvalue weighted by Gasteiger charge is -2.27. The van der Waals surface area contributed by atoms with Crippen molar-refractivity contribution in [1.29, 1.82) is 0 Å². The topological polar surface area (TPSA) is 72.1 Å². The number of amides is 2. The fraction of sp³-hybridized carbons (Fsp3) is 0.381. The van der Waals surface area contributed by atoms with Crippen LogP contribution in [0.4, 0.5) is 10.5 Å². The first-order chi connectivity index (χ1) is 13.8. The Morgan fingerprint density at radius 2 is 1.86 bits per heavy atom.